The molecule has 0 aromatic heterocycles. The van der Waals surface area contributed by atoms with Crippen LogP contribution in [-0.4, -0.2) is 0 Å². The third-order valence-electron chi connectivity index (χ3n) is 14.1. The van der Waals surface area contributed by atoms with Crippen LogP contribution in [0.4, 0.5) is 0 Å². The second kappa shape index (κ2) is 25.7. The fourth-order valence-corrected chi connectivity index (χ4v) is 26.2. The van der Waals surface area contributed by atoms with Gasteiger partial charge in [-0.3, -0.25) is 0 Å². The molecule has 0 aliphatic carbocycles. The molecule has 10 rings (SSSR count). The van der Waals surface area contributed by atoms with Crippen LogP contribution in [0.2, 0.25) is 0 Å². The molecule has 374 valence electrons. The predicted molar refractivity (Wildman–Crippen MR) is 322 cm³/mol. The molecule has 0 unspecified atom stereocenters. The SMILES string of the molecule is [Cl][Ru]([Cl])[CH]=CC(c1ccccc1)(c1ccccc1)[PH](c1ccccc1)(c1ccccc1)c1ccccc1.[Cl][Ru]([Cl])[CH]=CC(c1ccccc1)(c1ccccc1)[PH](c1ccccc1)(c1ccccc1)c1ccccc1. The molecule has 0 saturated carbocycles. The number of benzene rings is 10. The van der Waals surface area contributed by atoms with E-state index in [1.54, 1.807) is 0 Å². The van der Waals surface area contributed by atoms with Gasteiger partial charge in [0, 0.05) is 0 Å². The van der Waals surface area contributed by atoms with Crippen molar-refractivity contribution in [3.05, 3.63) is 347 Å². The quantitative estimate of drug-likeness (QED) is 0.0668. The molecular weight excluding hydrogens is 1200 g/mol. The third kappa shape index (κ3) is 10.7. The Hall–Kier alpha value is -5.05. The number of halogens is 4. The first-order valence-corrected chi connectivity index (χ1v) is 39.3. The normalized spacial score (nSPS) is 12.9. The van der Waals surface area contributed by atoms with Crippen molar-refractivity contribution in [2.24, 2.45) is 0 Å². The summed E-state index contributed by atoms with van der Waals surface area (Å²) in [5.41, 5.74) is 4.91. The van der Waals surface area contributed by atoms with Gasteiger partial charge in [-0.05, 0) is 0 Å². The van der Waals surface area contributed by atoms with Crippen LogP contribution in [0, 0.1) is 0 Å². The van der Waals surface area contributed by atoms with Gasteiger partial charge in [-0.2, -0.15) is 0 Å². The molecule has 0 heterocycles. The Bertz CT molecular complexity index is 2810. The fraction of sp³-hybridized carbons (Fsp3) is 0.0303. The topological polar surface area (TPSA) is 0 Å². The van der Waals surface area contributed by atoms with E-state index in [4.69, 9.17) is 38.8 Å². The Morgan fingerprint density at radius 2 is 0.378 bits per heavy atom. The van der Waals surface area contributed by atoms with E-state index >= 15 is 0 Å². The summed E-state index contributed by atoms with van der Waals surface area (Å²) < 4.78 is 4.17. The summed E-state index contributed by atoms with van der Waals surface area (Å²) in [6.07, 6.45) is 4.69. The van der Waals surface area contributed by atoms with Gasteiger partial charge in [0.25, 0.3) is 0 Å². The van der Waals surface area contributed by atoms with Gasteiger partial charge < -0.3 is 0 Å². The van der Waals surface area contributed by atoms with Crippen molar-refractivity contribution in [3.8, 4) is 0 Å². The molecule has 0 saturated heterocycles. The number of rotatable bonds is 16. The van der Waals surface area contributed by atoms with Crippen LogP contribution in [0.5, 0.6) is 0 Å². The summed E-state index contributed by atoms with van der Waals surface area (Å²) in [6.45, 7) is 0. The number of allylic oxidation sites excluding steroid dienone is 2. The molecule has 0 radical (unpaired) electrons. The van der Waals surface area contributed by atoms with Gasteiger partial charge >= 0.3 is 470 Å². The average molecular weight is 1260 g/mol. The minimum absolute atomic E-state index is 0.532. The van der Waals surface area contributed by atoms with Crippen LogP contribution in [0.3, 0.4) is 0 Å². The Labute approximate surface area is 466 Å². The summed E-state index contributed by atoms with van der Waals surface area (Å²) in [5, 5.41) is 6.90. The summed E-state index contributed by atoms with van der Waals surface area (Å²) in [5.74, 6) is 0. The summed E-state index contributed by atoms with van der Waals surface area (Å²) in [4.78, 5) is 0. The summed E-state index contributed by atoms with van der Waals surface area (Å²) in [7, 11) is 20.5. The molecule has 0 nitrogen and oxygen atoms in total. The first-order chi connectivity index (χ1) is 36.4. The van der Waals surface area contributed by atoms with Crippen molar-refractivity contribution in [2.45, 2.75) is 10.3 Å². The second-order valence-electron chi connectivity index (χ2n) is 17.8. The van der Waals surface area contributed by atoms with Crippen molar-refractivity contribution < 1.29 is 27.9 Å². The van der Waals surface area contributed by atoms with E-state index in [1.807, 2.05) is 0 Å². The van der Waals surface area contributed by atoms with Crippen molar-refractivity contribution in [1.29, 1.82) is 0 Å². The first kappa shape index (κ1) is 53.8. The van der Waals surface area contributed by atoms with Gasteiger partial charge in [-0.1, -0.05) is 0 Å². The van der Waals surface area contributed by atoms with Gasteiger partial charge in [-0.25, -0.2) is 0 Å². The Morgan fingerprint density at radius 3 is 0.527 bits per heavy atom. The third-order valence-corrected chi connectivity index (χ3v) is 28.8. The first-order valence-electron chi connectivity index (χ1n) is 24.3. The van der Waals surface area contributed by atoms with Gasteiger partial charge in [0.1, 0.15) is 0 Å². The molecular formula is C66H56Cl4P2Ru2. The maximum atomic E-state index is 6.58. The number of hydrogen-bond acceptors (Lipinski definition) is 0. The molecule has 0 aliphatic rings. The molecule has 8 heteroatoms. The van der Waals surface area contributed by atoms with E-state index < -0.39 is 52.8 Å². The average Bonchev–Trinajstić information content (AvgIpc) is 3.49. The molecule has 0 bridgehead atoms. The fourth-order valence-electron chi connectivity index (χ4n) is 11.4. The van der Waals surface area contributed by atoms with Gasteiger partial charge in [-0.15, -0.1) is 0 Å². The minimum atomic E-state index is -2.93. The molecule has 0 fully saturated rings. The summed E-state index contributed by atoms with van der Waals surface area (Å²) >= 11 is -4.26. The van der Waals surface area contributed by atoms with Crippen LogP contribution in [-0.2, 0) is 38.3 Å². The molecule has 0 atom stereocenters. The Morgan fingerprint density at radius 1 is 0.230 bits per heavy atom. The molecule has 10 aromatic carbocycles. The zero-order chi connectivity index (χ0) is 51.1. The van der Waals surface area contributed by atoms with E-state index in [0.29, 0.717) is 0 Å². The second-order valence-corrected chi connectivity index (χ2v) is 37.4. The molecule has 10 aromatic rings. The van der Waals surface area contributed by atoms with Crippen LogP contribution >= 0.6 is 53.3 Å². The molecule has 0 spiro atoms. The van der Waals surface area contributed by atoms with E-state index in [0.717, 1.165) is 0 Å². The van der Waals surface area contributed by atoms with E-state index in [-0.39, 0.29) is 0 Å². The summed E-state index contributed by atoms with van der Waals surface area (Å²) in [6, 6.07) is 110. The van der Waals surface area contributed by atoms with Crippen LogP contribution in [0.25, 0.3) is 0 Å². The van der Waals surface area contributed by atoms with E-state index in [1.165, 1.54) is 54.1 Å². The van der Waals surface area contributed by atoms with Gasteiger partial charge in [0.2, 0.25) is 0 Å². The Kier molecular flexibility index (Phi) is 18.6. The van der Waals surface area contributed by atoms with Gasteiger partial charge in [0.05, 0.1) is 0 Å². The Balaban J connectivity index is 0.000000182. The maximum absolute atomic E-state index is 6.58. The van der Waals surface area contributed by atoms with E-state index in [2.05, 4.69) is 325 Å². The zero-order valence-corrected chi connectivity index (χ0v) is 48.9. The number of hydrogen-bond donors (Lipinski definition) is 0. The molecule has 0 N–H and O–H groups in total. The van der Waals surface area contributed by atoms with E-state index in [9.17, 15) is 0 Å². The standard InChI is InChI=1S/2C33H28P.4ClH.2Ru/c2*1-2-33(28-18-8-3-9-19-28,29-20-10-4-11-21-29)34(30-22-12-5-13-23-30,31-24-14-6-15-25-31)32-26-16-7-17-27-32;;;;;;/h2*1-27,34H;4*1H;;/q;;;;;;2*+2/p-4. The van der Waals surface area contributed by atoms with Crippen molar-refractivity contribution in [3.63, 3.8) is 0 Å². The van der Waals surface area contributed by atoms with Crippen molar-refractivity contribution in [1.82, 2.24) is 0 Å². The van der Waals surface area contributed by atoms with Crippen molar-refractivity contribution in [2.75, 3.05) is 0 Å². The van der Waals surface area contributed by atoms with Crippen LogP contribution in [0.1, 0.15) is 22.3 Å². The zero-order valence-electron chi connectivity index (χ0n) is 40.4. The molecule has 74 heavy (non-hydrogen) atoms. The van der Waals surface area contributed by atoms with Crippen molar-refractivity contribution >= 4 is 85.1 Å². The molecule has 0 aliphatic heterocycles. The predicted octanol–water partition coefficient (Wildman–Crippen LogP) is 16.2. The van der Waals surface area contributed by atoms with Gasteiger partial charge in [0.15, 0.2) is 0 Å². The monoisotopic (exact) mass is 1250 g/mol. The van der Waals surface area contributed by atoms with Crippen LogP contribution in [0.15, 0.2) is 325 Å². The van der Waals surface area contributed by atoms with Crippen LogP contribution < -0.4 is 31.8 Å². The molecule has 0 amide bonds.